The molecular formula is C19H18ClN3O2S. The second-order valence-electron chi connectivity index (χ2n) is 6.19. The average Bonchev–Trinajstić information content (AvgIpc) is 3.23. The minimum atomic E-state index is -0.174. The van der Waals surface area contributed by atoms with Crippen molar-refractivity contribution in [2.45, 2.75) is 19.3 Å². The highest BCUT2D eigenvalue weighted by atomic mass is 35.5. The van der Waals surface area contributed by atoms with Gasteiger partial charge in [0.05, 0.1) is 10.6 Å². The molecule has 1 aromatic carbocycles. The SMILES string of the molecule is O=C1NC(=Nc2cccc(Cl)c2)S/C1=C\c1ccc(N2CCCCC2)o1. The summed E-state index contributed by atoms with van der Waals surface area (Å²) in [5.74, 6) is 1.37. The third-order valence-corrected chi connectivity index (χ3v) is 5.39. The van der Waals surface area contributed by atoms with E-state index in [0.717, 1.165) is 19.0 Å². The van der Waals surface area contributed by atoms with Gasteiger partial charge in [-0.15, -0.1) is 0 Å². The van der Waals surface area contributed by atoms with Crippen LogP contribution in [-0.4, -0.2) is 24.2 Å². The van der Waals surface area contributed by atoms with Crippen molar-refractivity contribution < 1.29 is 9.21 Å². The van der Waals surface area contributed by atoms with E-state index in [1.807, 2.05) is 24.3 Å². The molecule has 134 valence electrons. The average molecular weight is 388 g/mol. The Morgan fingerprint density at radius 2 is 2.04 bits per heavy atom. The molecular weight excluding hydrogens is 370 g/mol. The number of piperidine rings is 1. The zero-order valence-corrected chi connectivity index (χ0v) is 15.6. The van der Waals surface area contributed by atoms with Gasteiger partial charge in [0.1, 0.15) is 5.76 Å². The Morgan fingerprint density at radius 3 is 2.85 bits per heavy atom. The summed E-state index contributed by atoms with van der Waals surface area (Å²) in [4.78, 5) is 19.4. The first-order chi connectivity index (χ1) is 12.7. The first kappa shape index (κ1) is 17.2. The van der Waals surface area contributed by atoms with Gasteiger partial charge in [-0.05, 0) is 55.3 Å². The number of aliphatic imine (C=N–C) groups is 1. The molecule has 2 fully saturated rings. The summed E-state index contributed by atoms with van der Waals surface area (Å²) < 4.78 is 5.90. The molecule has 1 N–H and O–H groups in total. The number of benzene rings is 1. The van der Waals surface area contributed by atoms with Gasteiger partial charge in [0.2, 0.25) is 0 Å². The summed E-state index contributed by atoms with van der Waals surface area (Å²) in [6, 6.07) is 11.1. The standard InChI is InChI=1S/C19H18ClN3O2S/c20-13-5-4-6-14(11-13)21-19-22-18(24)16(26-19)12-15-7-8-17(25-15)23-9-2-1-3-10-23/h4-8,11-12H,1-3,9-10H2,(H,21,22,24)/b16-12-. The number of rotatable bonds is 3. The fourth-order valence-electron chi connectivity index (χ4n) is 2.98. The van der Waals surface area contributed by atoms with Crippen LogP contribution in [0.5, 0.6) is 0 Å². The number of hydrogen-bond acceptors (Lipinski definition) is 5. The monoisotopic (exact) mass is 387 g/mol. The first-order valence-electron chi connectivity index (χ1n) is 8.57. The molecule has 0 spiro atoms. The fraction of sp³-hybridized carbons (Fsp3) is 0.263. The van der Waals surface area contributed by atoms with Crippen LogP contribution in [0.3, 0.4) is 0 Å². The second kappa shape index (κ2) is 7.60. The number of thioether (sulfide) groups is 1. The van der Waals surface area contributed by atoms with Crippen molar-refractivity contribution >= 4 is 52.1 Å². The van der Waals surface area contributed by atoms with E-state index < -0.39 is 0 Å². The van der Waals surface area contributed by atoms with Crippen LogP contribution in [0.15, 0.2) is 50.7 Å². The summed E-state index contributed by atoms with van der Waals surface area (Å²) in [6.07, 6.45) is 5.42. The molecule has 2 aromatic rings. The van der Waals surface area contributed by atoms with Crippen LogP contribution in [0.2, 0.25) is 5.02 Å². The first-order valence-corrected chi connectivity index (χ1v) is 9.77. The van der Waals surface area contributed by atoms with Gasteiger partial charge in [-0.3, -0.25) is 4.79 Å². The second-order valence-corrected chi connectivity index (χ2v) is 7.65. The third-order valence-electron chi connectivity index (χ3n) is 4.24. The molecule has 0 unspecified atom stereocenters. The van der Waals surface area contributed by atoms with Gasteiger partial charge in [0.25, 0.3) is 5.91 Å². The van der Waals surface area contributed by atoms with E-state index in [-0.39, 0.29) is 5.91 Å². The lowest BCUT2D eigenvalue weighted by Gasteiger charge is -2.25. The topological polar surface area (TPSA) is 57.8 Å². The minimum Gasteiger partial charge on any atom is -0.441 e. The molecule has 26 heavy (non-hydrogen) atoms. The number of anilines is 1. The smallest absolute Gasteiger partial charge is 0.264 e. The number of nitrogens with one attached hydrogen (secondary N) is 1. The summed E-state index contributed by atoms with van der Waals surface area (Å²) >= 11 is 7.26. The molecule has 0 radical (unpaired) electrons. The van der Waals surface area contributed by atoms with Crippen molar-refractivity contribution in [3.63, 3.8) is 0 Å². The largest absolute Gasteiger partial charge is 0.441 e. The molecule has 2 saturated heterocycles. The van der Waals surface area contributed by atoms with Crippen LogP contribution in [-0.2, 0) is 4.79 Å². The van der Waals surface area contributed by atoms with Crippen LogP contribution in [0.25, 0.3) is 6.08 Å². The predicted molar refractivity (Wildman–Crippen MR) is 107 cm³/mol. The molecule has 3 heterocycles. The van der Waals surface area contributed by atoms with Gasteiger partial charge >= 0.3 is 0 Å². The summed E-state index contributed by atoms with van der Waals surface area (Å²) in [5, 5.41) is 3.92. The Labute approximate surface area is 161 Å². The minimum absolute atomic E-state index is 0.174. The number of hydrogen-bond donors (Lipinski definition) is 1. The quantitative estimate of drug-likeness (QED) is 0.767. The Morgan fingerprint density at radius 1 is 1.19 bits per heavy atom. The van der Waals surface area contributed by atoms with Crippen LogP contribution >= 0.6 is 23.4 Å². The zero-order chi connectivity index (χ0) is 17.9. The third kappa shape index (κ3) is 3.97. The van der Waals surface area contributed by atoms with Crippen molar-refractivity contribution in [1.29, 1.82) is 0 Å². The normalized spacial score (nSPS) is 20.8. The van der Waals surface area contributed by atoms with Crippen LogP contribution < -0.4 is 10.2 Å². The van der Waals surface area contributed by atoms with Gasteiger partial charge in [-0.2, -0.15) is 0 Å². The highest BCUT2D eigenvalue weighted by Gasteiger charge is 2.24. The molecule has 0 bridgehead atoms. The number of furan rings is 1. The maximum Gasteiger partial charge on any atom is 0.264 e. The van der Waals surface area contributed by atoms with Crippen molar-refractivity contribution in [2.75, 3.05) is 18.0 Å². The molecule has 0 aliphatic carbocycles. The van der Waals surface area contributed by atoms with Crippen LogP contribution in [0.1, 0.15) is 25.0 Å². The van der Waals surface area contributed by atoms with E-state index >= 15 is 0 Å². The predicted octanol–water partition coefficient (Wildman–Crippen LogP) is 4.81. The van der Waals surface area contributed by atoms with E-state index in [4.69, 9.17) is 16.0 Å². The summed E-state index contributed by atoms with van der Waals surface area (Å²) in [6.45, 7) is 2.05. The lowest BCUT2D eigenvalue weighted by atomic mass is 10.1. The fourth-order valence-corrected chi connectivity index (χ4v) is 3.98. The van der Waals surface area contributed by atoms with Crippen molar-refractivity contribution in [3.8, 4) is 0 Å². The molecule has 2 aliphatic heterocycles. The number of halogens is 1. The van der Waals surface area contributed by atoms with Gasteiger partial charge in [-0.1, -0.05) is 17.7 Å². The summed E-state index contributed by atoms with van der Waals surface area (Å²) in [5.41, 5.74) is 0.701. The number of carbonyl (C=O) groups excluding carboxylic acids is 1. The Bertz CT molecular complexity index is 884. The number of amidine groups is 1. The highest BCUT2D eigenvalue weighted by Crippen LogP contribution is 2.30. The maximum absolute atomic E-state index is 12.2. The van der Waals surface area contributed by atoms with Crippen molar-refractivity contribution in [2.24, 2.45) is 4.99 Å². The lowest BCUT2D eigenvalue weighted by molar-refractivity contribution is -0.115. The van der Waals surface area contributed by atoms with Crippen LogP contribution in [0.4, 0.5) is 11.6 Å². The van der Waals surface area contributed by atoms with Crippen molar-refractivity contribution in [1.82, 2.24) is 5.32 Å². The Hall–Kier alpha value is -2.18. The highest BCUT2D eigenvalue weighted by molar-refractivity contribution is 8.18. The molecule has 4 rings (SSSR count). The molecule has 2 aliphatic rings. The Balaban J connectivity index is 1.49. The van der Waals surface area contributed by atoms with Gasteiger partial charge in [0.15, 0.2) is 11.1 Å². The Kier molecular flexibility index (Phi) is 5.04. The summed E-state index contributed by atoms with van der Waals surface area (Å²) in [7, 11) is 0. The molecule has 5 nitrogen and oxygen atoms in total. The van der Waals surface area contributed by atoms with E-state index in [2.05, 4.69) is 15.2 Å². The van der Waals surface area contributed by atoms with E-state index in [1.54, 1.807) is 18.2 Å². The number of nitrogens with zero attached hydrogens (tertiary/aromatic N) is 2. The van der Waals surface area contributed by atoms with Crippen LogP contribution in [0, 0.1) is 0 Å². The maximum atomic E-state index is 12.2. The van der Waals surface area contributed by atoms with E-state index in [9.17, 15) is 4.79 Å². The zero-order valence-electron chi connectivity index (χ0n) is 14.1. The molecule has 0 saturated carbocycles. The van der Waals surface area contributed by atoms with E-state index in [1.165, 1.54) is 31.0 Å². The number of amides is 1. The van der Waals surface area contributed by atoms with E-state index in [0.29, 0.717) is 26.5 Å². The molecule has 1 aromatic heterocycles. The van der Waals surface area contributed by atoms with Gasteiger partial charge in [0, 0.05) is 30.3 Å². The van der Waals surface area contributed by atoms with Gasteiger partial charge < -0.3 is 14.6 Å². The molecule has 1 amide bonds. The lowest BCUT2D eigenvalue weighted by Crippen LogP contribution is -2.28. The number of carbonyl (C=O) groups is 1. The van der Waals surface area contributed by atoms with Crippen molar-refractivity contribution in [3.05, 3.63) is 52.1 Å². The molecule has 7 heteroatoms. The molecule has 0 atom stereocenters. The van der Waals surface area contributed by atoms with Gasteiger partial charge in [-0.25, -0.2) is 4.99 Å².